The fourth-order valence-electron chi connectivity index (χ4n) is 3.15. The van der Waals surface area contributed by atoms with Gasteiger partial charge >= 0.3 is 0 Å². The number of hydrogen-bond donors (Lipinski definition) is 4. The van der Waals surface area contributed by atoms with E-state index in [9.17, 15) is 9.90 Å². The first-order chi connectivity index (χ1) is 12.7. The van der Waals surface area contributed by atoms with E-state index in [1.54, 1.807) is 6.08 Å². The molecule has 2 unspecified atom stereocenters. The number of aliphatic hydroxyl groups excluding tert-OH is 2. The number of para-hydroxylation sites is 2. The number of benzene rings is 2. The Labute approximate surface area is 153 Å². The van der Waals surface area contributed by atoms with Gasteiger partial charge in [0.15, 0.2) is 5.78 Å². The third-order valence-corrected chi connectivity index (χ3v) is 4.48. The number of rotatable bonds is 7. The van der Waals surface area contributed by atoms with E-state index in [-0.39, 0.29) is 24.9 Å². The molecule has 0 saturated carbocycles. The van der Waals surface area contributed by atoms with Crippen molar-refractivity contribution in [3.05, 3.63) is 71.9 Å². The summed E-state index contributed by atoms with van der Waals surface area (Å²) in [6.45, 7) is -0.0409. The van der Waals surface area contributed by atoms with Gasteiger partial charge in [0, 0.05) is 24.7 Å². The van der Waals surface area contributed by atoms with Crippen LogP contribution < -0.4 is 10.6 Å². The van der Waals surface area contributed by atoms with Crippen LogP contribution in [0.4, 0.5) is 11.4 Å². The van der Waals surface area contributed by atoms with Crippen LogP contribution in [0.3, 0.4) is 0 Å². The average molecular weight is 352 g/mol. The van der Waals surface area contributed by atoms with Crippen molar-refractivity contribution >= 4 is 17.2 Å². The maximum Gasteiger partial charge on any atom is 0.158 e. The summed E-state index contributed by atoms with van der Waals surface area (Å²) in [5.41, 5.74) is 3.71. The molecule has 0 saturated heterocycles. The van der Waals surface area contributed by atoms with Crippen LogP contribution >= 0.6 is 0 Å². The lowest BCUT2D eigenvalue weighted by molar-refractivity contribution is -0.115. The van der Waals surface area contributed by atoms with Gasteiger partial charge in [-0.25, -0.2) is 0 Å². The molecule has 26 heavy (non-hydrogen) atoms. The molecule has 0 fully saturated rings. The van der Waals surface area contributed by atoms with Crippen LogP contribution in [0.5, 0.6) is 0 Å². The Morgan fingerprint density at radius 2 is 1.69 bits per heavy atom. The summed E-state index contributed by atoms with van der Waals surface area (Å²) in [6.07, 6.45) is 2.15. The average Bonchev–Trinajstić information content (AvgIpc) is 2.67. The SMILES string of the molecule is O=C1C=C(Nc2ccccc2NCC(O)CO)CC(c2ccccc2)C1. The highest BCUT2D eigenvalue weighted by Crippen LogP contribution is 2.33. The predicted molar refractivity (Wildman–Crippen MR) is 103 cm³/mol. The molecule has 0 bridgehead atoms. The monoisotopic (exact) mass is 352 g/mol. The Bertz CT molecular complexity index is 774. The lowest BCUT2D eigenvalue weighted by Crippen LogP contribution is -2.23. The lowest BCUT2D eigenvalue weighted by Gasteiger charge is -2.24. The molecule has 0 amide bonds. The van der Waals surface area contributed by atoms with E-state index in [1.807, 2.05) is 42.5 Å². The van der Waals surface area contributed by atoms with E-state index >= 15 is 0 Å². The first-order valence-corrected chi connectivity index (χ1v) is 8.83. The second-order valence-electron chi connectivity index (χ2n) is 6.54. The second kappa shape index (κ2) is 8.65. The van der Waals surface area contributed by atoms with Crippen LogP contribution in [0.2, 0.25) is 0 Å². The number of ketones is 1. The Balaban J connectivity index is 1.73. The zero-order valence-corrected chi connectivity index (χ0v) is 14.6. The third-order valence-electron chi connectivity index (χ3n) is 4.48. The van der Waals surface area contributed by atoms with E-state index in [0.29, 0.717) is 6.42 Å². The van der Waals surface area contributed by atoms with Crippen LogP contribution in [-0.2, 0) is 4.79 Å². The maximum atomic E-state index is 12.2. The molecular formula is C21H24N2O3. The minimum Gasteiger partial charge on any atom is -0.394 e. The van der Waals surface area contributed by atoms with Gasteiger partial charge in [0.25, 0.3) is 0 Å². The van der Waals surface area contributed by atoms with Crippen molar-refractivity contribution < 1.29 is 15.0 Å². The summed E-state index contributed by atoms with van der Waals surface area (Å²) in [4.78, 5) is 12.2. The van der Waals surface area contributed by atoms with E-state index in [2.05, 4.69) is 22.8 Å². The van der Waals surface area contributed by atoms with Gasteiger partial charge in [-0.1, -0.05) is 42.5 Å². The summed E-state index contributed by atoms with van der Waals surface area (Å²) in [6, 6.07) is 17.7. The lowest BCUT2D eigenvalue weighted by atomic mass is 9.85. The van der Waals surface area contributed by atoms with Crippen molar-refractivity contribution in [1.29, 1.82) is 0 Å². The molecule has 3 rings (SSSR count). The molecule has 136 valence electrons. The molecule has 1 aliphatic rings. The molecule has 2 atom stereocenters. The molecule has 0 radical (unpaired) electrons. The van der Waals surface area contributed by atoms with Crippen LogP contribution in [0, 0.1) is 0 Å². The van der Waals surface area contributed by atoms with Gasteiger partial charge in [0.2, 0.25) is 0 Å². The highest BCUT2D eigenvalue weighted by atomic mass is 16.3. The van der Waals surface area contributed by atoms with Crippen LogP contribution in [0.15, 0.2) is 66.4 Å². The standard InChI is InChI=1S/C21H24N2O3/c24-14-19(26)13-22-20-8-4-5-9-21(20)23-17-10-16(11-18(25)12-17)15-6-2-1-3-7-15/h1-9,12,16,19,22-24,26H,10-11,13-14H2. The third kappa shape index (κ3) is 4.71. The van der Waals surface area contributed by atoms with Gasteiger partial charge < -0.3 is 20.8 Å². The fraction of sp³-hybridized carbons (Fsp3) is 0.286. The summed E-state index contributed by atoms with van der Waals surface area (Å²) in [5.74, 6) is 0.293. The summed E-state index contributed by atoms with van der Waals surface area (Å²) in [7, 11) is 0. The Hall–Kier alpha value is -2.63. The fourth-order valence-corrected chi connectivity index (χ4v) is 3.15. The highest BCUT2D eigenvalue weighted by molar-refractivity contribution is 5.93. The van der Waals surface area contributed by atoms with Gasteiger partial charge in [-0.15, -0.1) is 0 Å². The molecule has 0 aromatic heterocycles. The molecule has 1 aliphatic carbocycles. The normalized spacial score (nSPS) is 18.2. The van der Waals surface area contributed by atoms with Gasteiger partial charge in [0.05, 0.1) is 24.1 Å². The second-order valence-corrected chi connectivity index (χ2v) is 6.54. The van der Waals surface area contributed by atoms with Crippen molar-refractivity contribution in [3.63, 3.8) is 0 Å². The number of anilines is 2. The smallest absolute Gasteiger partial charge is 0.158 e. The van der Waals surface area contributed by atoms with Gasteiger partial charge in [-0.3, -0.25) is 4.79 Å². The van der Waals surface area contributed by atoms with Crippen molar-refractivity contribution in [3.8, 4) is 0 Å². The first-order valence-electron chi connectivity index (χ1n) is 8.83. The zero-order valence-electron chi connectivity index (χ0n) is 14.6. The van der Waals surface area contributed by atoms with Crippen molar-refractivity contribution in [2.75, 3.05) is 23.8 Å². The van der Waals surface area contributed by atoms with Crippen molar-refractivity contribution in [2.45, 2.75) is 24.9 Å². The Kier molecular flexibility index (Phi) is 6.04. The molecule has 2 aromatic rings. The zero-order chi connectivity index (χ0) is 18.4. The summed E-state index contributed by atoms with van der Waals surface area (Å²) < 4.78 is 0. The minimum atomic E-state index is -0.819. The highest BCUT2D eigenvalue weighted by Gasteiger charge is 2.22. The quantitative estimate of drug-likeness (QED) is 0.616. The molecule has 2 aromatic carbocycles. The molecular weight excluding hydrogens is 328 g/mol. The number of carbonyl (C=O) groups is 1. The first kappa shape index (κ1) is 18.2. The van der Waals surface area contributed by atoms with E-state index < -0.39 is 6.10 Å². The summed E-state index contributed by atoms with van der Waals surface area (Å²) in [5, 5.41) is 25.0. The Morgan fingerprint density at radius 1 is 1.00 bits per heavy atom. The van der Waals surface area contributed by atoms with Crippen LogP contribution in [0.25, 0.3) is 0 Å². The van der Waals surface area contributed by atoms with Crippen molar-refractivity contribution in [1.82, 2.24) is 0 Å². The minimum absolute atomic E-state index is 0.119. The Morgan fingerprint density at radius 3 is 2.42 bits per heavy atom. The van der Waals surface area contributed by atoms with Gasteiger partial charge in [-0.2, -0.15) is 0 Å². The van der Waals surface area contributed by atoms with Crippen LogP contribution in [-0.4, -0.2) is 35.3 Å². The molecule has 4 N–H and O–H groups in total. The van der Waals surface area contributed by atoms with Crippen LogP contribution in [0.1, 0.15) is 24.3 Å². The number of aliphatic hydroxyl groups is 2. The number of hydrogen-bond acceptors (Lipinski definition) is 5. The molecule has 5 heteroatoms. The molecule has 0 heterocycles. The van der Waals surface area contributed by atoms with Gasteiger partial charge in [-0.05, 0) is 30.0 Å². The van der Waals surface area contributed by atoms with E-state index in [4.69, 9.17) is 5.11 Å². The van der Waals surface area contributed by atoms with Crippen molar-refractivity contribution in [2.24, 2.45) is 0 Å². The number of nitrogens with one attached hydrogen (secondary N) is 2. The van der Waals surface area contributed by atoms with E-state index in [1.165, 1.54) is 5.56 Å². The maximum absolute atomic E-state index is 12.2. The number of allylic oxidation sites excluding steroid dienone is 2. The van der Waals surface area contributed by atoms with E-state index in [0.717, 1.165) is 23.5 Å². The molecule has 5 nitrogen and oxygen atoms in total. The number of carbonyl (C=O) groups excluding carboxylic acids is 1. The summed E-state index contributed by atoms with van der Waals surface area (Å²) >= 11 is 0. The van der Waals surface area contributed by atoms with Gasteiger partial charge in [0.1, 0.15) is 0 Å². The molecule has 0 aliphatic heterocycles. The topological polar surface area (TPSA) is 81.6 Å². The predicted octanol–water partition coefficient (Wildman–Crippen LogP) is 2.89. The molecule has 0 spiro atoms. The largest absolute Gasteiger partial charge is 0.394 e.